The number of aromatic nitrogens is 1. The van der Waals surface area contributed by atoms with Gasteiger partial charge < -0.3 is 10.6 Å². The van der Waals surface area contributed by atoms with Crippen molar-refractivity contribution in [2.24, 2.45) is 0 Å². The van der Waals surface area contributed by atoms with Crippen molar-refractivity contribution in [1.29, 1.82) is 0 Å². The summed E-state index contributed by atoms with van der Waals surface area (Å²) in [6.45, 7) is 3.10. The van der Waals surface area contributed by atoms with Crippen LogP contribution in [0.3, 0.4) is 0 Å². The minimum Gasteiger partial charge on any atom is -0.361 e. The van der Waals surface area contributed by atoms with Gasteiger partial charge in [0.15, 0.2) is 5.13 Å². The third-order valence-corrected chi connectivity index (χ3v) is 5.35. The zero-order valence-electron chi connectivity index (χ0n) is 15.4. The molecule has 5 nitrogen and oxygen atoms in total. The molecular weight excluding hydrogens is 394 g/mol. The maximum Gasteiger partial charge on any atom is 0.251 e. The smallest absolute Gasteiger partial charge is 0.251 e. The monoisotopic (exact) mass is 413 g/mol. The first-order valence-electron chi connectivity index (χ1n) is 8.88. The van der Waals surface area contributed by atoms with Crippen molar-refractivity contribution in [1.82, 2.24) is 10.3 Å². The van der Waals surface area contributed by atoms with E-state index in [4.69, 9.17) is 11.6 Å². The van der Waals surface area contributed by atoms with Crippen molar-refractivity contribution in [3.63, 3.8) is 0 Å². The first-order chi connectivity index (χ1) is 13.5. The summed E-state index contributed by atoms with van der Waals surface area (Å²) < 4.78 is 0. The molecule has 0 unspecified atom stereocenters. The number of benzene rings is 2. The molecule has 2 N–H and O–H groups in total. The molecule has 1 amide bonds. The van der Waals surface area contributed by atoms with Gasteiger partial charge in [0.2, 0.25) is 5.78 Å². The summed E-state index contributed by atoms with van der Waals surface area (Å²) in [5.41, 5.74) is 2.23. The highest BCUT2D eigenvalue weighted by atomic mass is 35.5. The normalized spacial score (nSPS) is 10.5. The second kappa shape index (κ2) is 9.48. The largest absolute Gasteiger partial charge is 0.361 e. The van der Waals surface area contributed by atoms with E-state index in [0.717, 1.165) is 12.0 Å². The molecule has 0 saturated carbocycles. The number of carbonyl (C=O) groups excluding carboxylic acids is 2. The summed E-state index contributed by atoms with van der Waals surface area (Å²) in [5.74, 6) is -0.143. The minimum absolute atomic E-state index is 0.0149. The van der Waals surface area contributed by atoms with E-state index < -0.39 is 0 Å². The number of aryl methyl sites for hydroxylation is 1. The second-order valence-corrected chi connectivity index (χ2v) is 7.68. The number of anilines is 1. The van der Waals surface area contributed by atoms with E-state index in [-0.39, 0.29) is 11.7 Å². The van der Waals surface area contributed by atoms with Crippen LogP contribution in [0.1, 0.15) is 37.6 Å². The fourth-order valence-corrected chi connectivity index (χ4v) is 3.53. The third-order valence-electron chi connectivity index (χ3n) is 4.14. The van der Waals surface area contributed by atoms with Crippen molar-refractivity contribution in [3.05, 3.63) is 81.3 Å². The zero-order valence-corrected chi connectivity index (χ0v) is 16.9. The van der Waals surface area contributed by atoms with Crippen LogP contribution in [0.2, 0.25) is 5.02 Å². The Kier molecular flexibility index (Phi) is 6.79. The first-order valence-corrected chi connectivity index (χ1v) is 10.1. The molecule has 0 aliphatic heterocycles. The summed E-state index contributed by atoms with van der Waals surface area (Å²) in [4.78, 5) is 29.5. The molecule has 0 spiro atoms. The summed E-state index contributed by atoms with van der Waals surface area (Å²) >= 11 is 7.15. The van der Waals surface area contributed by atoms with Crippen molar-refractivity contribution in [2.45, 2.75) is 13.3 Å². The molecule has 0 radical (unpaired) electrons. The fourth-order valence-electron chi connectivity index (χ4n) is 2.61. The van der Waals surface area contributed by atoms with E-state index in [1.54, 1.807) is 30.5 Å². The lowest BCUT2D eigenvalue weighted by atomic mass is 10.0. The van der Waals surface area contributed by atoms with Gasteiger partial charge in [-0.2, -0.15) is 0 Å². The van der Waals surface area contributed by atoms with Gasteiger partial charge >= 0.3 is 0 Å². The van der Waals surface area contributed by atoms with Crippen LogP contribution in [-0.2, 0) is 0 Å². The maximum atomic E-state index is 12.6. The molecule has 144 valence electrons. The minimum atomic E-state index is -0.128. The van der Waals surface area contributed by atoms with Gasteiger partial charge in [0.05, 0.1) is 11.1 Å². The maximum absolute atomic E-state index is 12.6. The van der Waals surface area contributed by atoms with Crippen molar-refractivity contribution < 1.29 is 9.59 Å². The highest BCUT2D eigenvalue weighted by molar-refractivity contribution is 7.17. The molecule has 2 aromatic carbocycles. The van der Waals surface area contributed by atoms with E-state index in [0.29, 0.717) is 39.2 Å². The summed E-state index contributed by atoms with van der Waals surface area (Å²) in [5, 5.41) is 7.35. The van der Waals surface area contributed by atoms with E-state index in [9.17, 15) is 9.59 Å². The van der Waals surface area contributed by atoms with Crippen molar-refractivity contribution in [3.8, 4) is 0 Å². The summed E-state index contributed by atoms with van der Waals surface area (Å²) in [6.07, 6.45) is 2.34. The molecule has 0 atom stereocenters. The standard InChI is InChI=1S/C21H20ClN3O2S/c1-14-5-2-3-6-17(14)19(26)18-13-25-21(28-18)24-12-4-11-23-20(27)15-7-9-16(22)10-8-15/h2-3,5-10,13H,4,11-12H2,1H3,(H,23,27)(H,24,25). The highest BCUT2D eigenvalue weighted by Gasteiger charge is 2.14. The van der Waals surface area contributed by atoms with Gasteiger partial charge in [-0.15, -0.1) is 0 Å². The number of halogens is 1. The van der Waals surface area contributed by atoms with Crippen LogP contribution >= 0.6 is 22.9 Å². The number of amides is 1. The topological polar surface area (TPSA) is 71.1 Å². The molecule has 28 heavy (non-hydrogen) atoms. The van der Waals surface area contributed by atoms with Crippen molar-refractivity contribution >= 4 is 39.8 Å². The molecule has 0 fully saturated rings. The molecule has 0 aliphatic rings. The molecule has 0 aliphatic carbocycles. The van der Waals surface area contributed by atoms with Crippen LogP contribution in [0.4, 0.5) is 5.13 Å². The number of nitrogens with zero attached hydrogens (tertiary/aromatic N) is 1. The number of thiazole rings is 1. The lowest BCUT2D eigenvalue weighted by Crippen LogP contribution is -2.25. The third kappa shape index (κ3) is 5.18. The SMILES string of the molecule is Cc1ccccc1C(=O)c1cnc(NCCCNC(=O)c2ccc(Cl)cc2)s1. The van der Waals surface area contributed by atoms with E-state index >= 15 is 0 Å². The fraction of sp³-hybridized carbons (Fsp3) is 0.190. The lowest BCUT2D eigenvalue weighted by Gasteiger charge is -2.06. The number of carbonyl (C=O) groups is 2. The number of ketones is 1. The van der Waals surface area contributed by atoms with Crippen LogP contribution in [0.15, 0.2) is 54.7 Å². The van der Waals surface area contributed by atoms with Gasteiger partial charge in [-0.25, -0.2) is 4.98 Å². The molecule has 1 aromatic heterocycles. The molecule has 3 aromatic rings. The number of hydrogen-bond donors (Lipinski definition) is 2. The quantitative estimate of drug-likeness (QED) is 0.419. The van der Waals surface area contributed by atoms with E-state index in [1.807, 2.05) is 31.2 Å². The Bertz CT molecular complexity index is 970. The van der Waals surface area contributed by atoms with Crippen LogP contribution < -0.4 is 10.6 Å². The van der Waals surface area contributed by atoms with Gasteiger partial charge in [0, 0.05) is 29.2 Å². The highest BCUT2D eigenvalue weighted by Crippen LogP contribution is 2.22. The summed E-state index contributed by atoms with van der Waals surface area (Å²) in [7, 11) is 0. The predicted octanol–water partition coefficient (Wildman–Crippen LogP) is 4.57. The van der Waals surface area contributed by atoms with E-state index in [1.165, 1.54) is 11.3 Å². The number of rotatable bonds is 8. The average molecular weight is 414 g/mol. The van der Waals surface area contributed by atoms with Gasteiger partial charge in [-0.05, 0) is 43.2 Å². The Morgan fingerprint density at radius 3 is 2.57 bits per heavy atom. The van der Waals surface area contributed by atoms with Crippen LogP contribution in [-0.4, -0.2) is 29.8 Å². The Morgan fingerprint density at radius 1 is 1.07 bits per heavy atom. The van der Waals surface area contributed by atoms with Gasteiger partial charge in [0.25, 0.3) is 5.91 Å². The Morgan fingerprint density at radius 2 is 1.82 bits per heavy atom. The molecule has 1 heterocycles. The van der Waals surface area contributed by atoms with Gasteiger partial charge in [-0.3, -0.25) is 9.59 Å². The molecule has 7 heteroatoms. The van der Waals surface area contributed by atoms with Gasteiger partial charge in [0.1, 0.15) is 0 Å². The van der Waals surface area contributed by atoms with Crippen LogP contribution in [0.25, 0.3) is 0 Å². The van der Waals surface area contributed by atoms with E-state index in [2.05, 4.69) is 15.6 Å². The summed E-state index contributed by atoms with van der Waals surface area (Å²) in [6, 6.07) is 14.3. The van der Waals surface area contributed by atoms with Crippen LogP contribution in [0.5, 0.6) is 0 Å². The molecular formula is C21H20ClN3O2S. The van der Waals surface area contributed by atoms with Crippen LogP contribution in [0, 0.1) is 6.92 Å². The predicted molar refractivity (Wildman–Crippen MR) is 114 cm³/mol. The van der Waals surface area contributed by atoms with Gasteiger partial charge in [-0.1, -0.05) is 47.2 Å². The zero-order chi connectivity index (χ0) is 19.9. The second-order valence-electron chi connectivity index (χ2n) is 6.22. The molecule has 0 bridgehead atoms. The lowest BCUT2D eigenvalue weighted by molar-refractivity contribution is 0.0953. The average Bonchev–Trinajstić information content (AvgIpc) is 3.17. The Balaban J connectivity index is 1.43. The number of nitrogens with one attached hydrogen (secondary N) is 2. The Labute approximate surface area is 172 Å². The number of hydrogen-bond acceptors (Lipinski definition) is 5. The molecule has 3 rings (SSSR count). The van der Waals surface area contributed by atoms with Crippen molar-refractivity contribution in [2.75, 3.05) is 18.4 Å². The molecule has 0 saturated heterocycles. The first kappa shape index (κ1) is 20.0. The Hall–Kier alpha value is -2.70.